The first-order valence-electron chi connectivity index (χ1n) is 20.8. The van der Waals surface area contributed by atoms with Gasteiger partial charge in [-0.15, -0.1) is 0 Å². The minimum absolute atomic E-state index is 0.0475. The highest BCUT2D eigenvalue weighted by Gasteiger charge is 2.50. The highest BCUT2D eigenvalue weighted by atomic mass is 16.7. The van der Waals surface area contributed by atoms with Crippen molar-refractivity contribution in [2.45, 2.75) is 99.0 Å². The van der Waals surface area contributed by atoms with E-state index in [9.17, 15) is 71.2 Å². The zero-order valence-corrected chi connectivity index (χ0v) is 36.2. The van der Waals surface area contributed by atoms with Crippen molar-refractivity contribution in [3.05, 3.63) is 60.2 Å². The van der Waals surface area contributed by atoms with E-state index < -0.39 is 129 Å². The number of benzene rings is 3. The van der Waals surface area contributed by atoms with Gasteiger partial charge in [0.1, 0.15) is 77.9 Å². The molecule has 7 rings (SSSR count). The van der Waals surface area contributed by atoms with Crippen LogP contribution in [0.2, 0.25) is 0 Å². The van der Waals surface area contributed by atoms with E-state index in [1.54, 1.807) is 0 Å². The molecule has 3 aliphatic rings. The molecule has 0 radical (unpaired) electrons. The Balaban J connectivity index is 1.12. The first-order valence-corrected chi connectivity index (χ1v) is 20.8. The number of phenols is 4. The average Bonchev–Trinajstić information content (AvgIpc) is 3.32. The molecule has 0 saturated carbocycles. The van der Waals surface area contributed by atoms with E-state index in [1.807, 2.05) is 0 Å². The minimum Gasteiger partial charge on any atom is -0.507 e. The zero-order valence-electron chi connectivity index (χ0n) is 36.2. The van der Waals surface area contributed by atoms with Gasteiger partial charge in [-0.1, -0.05) is 6.07 Å². The Labute approximate surface area is 384 Å². The number of fused-ring (bicyclic) bond motifs is 1. The number of phenolic OH excluding ortho intramolecular Hbond substituents is 4. The van der Waals surface area contributed by atoms with Crippen LogP contribution in [0, 0.1) is 0 Å². The maximum absolute atomic E-state index is 12.7. The van der Waals surface area contributed by atoms with Crippen LogP contribution >= 0.6 is 0 Å². The Hall–Kier alpha value is -5.84. The third-order valence-corrected chi connectivity index (χ3v) is 11.4. The van der Waals surface area contributed by atoms with Crippen molar-refractivity contribution in [2.24, 2.45) is 0 Å². The fourth-order valence-corrected chi connectivity index (χ4v) is 7.63. The van der Waals surface area contributed by atoms with Gasteiger partial charge in [0.15, 0.2) is 35.4 Å². The number of ether oxygens (including phenoxy) is 9. The Bertz CT molecular complexity index is 2450. The minimum atomic E-state index is -2.02. The summed E-state index contributed by atoms with van der Waals surface area (Å²) < 4.78 is 56.5. The number of hydrogen-bond donors (Lipinski definition) is 13. The molecule has 3 fully saturated rings. The van der Waals surface area contributed by atoms with E-state index in [2.05, 4.69) is 0 Å². The van der Waals surface area contributed by atoms with Crippen LogP contribution in [-0.4, -0.2) is 192 Å². The first kappa shape index (κ1) is 50.0. The molecule has 0 bridgehead atoms. The molecular weight excluding hydrogens is 912 g/mol. The second-order valence-corrected chi connectivity index (χ2v) is 16.0. The normalized spacial score (nSPS) is 31.9. The standard InChI is InChI=1S/C44H50O24/c1-16-40(68-30(49)7-5-17-4-6-21(47)25(8-17)59-2)36(55)39(58)42(62-16)61-15-29-33(52)35(54)38(57)44(67-29)65-27-13-20-23(63-41(27)18-9-22(48)31(50)26(10-18)60-3)11-19(46)12-24(20)64-43-37(56)34(53)32(51)28(14-45)66-43/h4-13,16,28-29,32-40,42-45,51-58H,14-15H2,1-3H3,(H3-,46,47,48,49,50)/p+1/t16-,28+,29+,32-,33-,34-,35?,36-,37+,38+,39-,40-,42+,43+,44+/m0/s1. The monoisotopic (exact) mass is 963 g/mol. The van der Waals surface area contributed by atoms with Gasteiger partial charge in [-0.2, -0.15) is 0 Å². The SMILES string of the molecule is COc1cc(C=CC(=O)O[C@@H]2[C@@H](O)[C@H](O)[C@H](OC[C@H]3O[C@@H](Oc4cc5c(O[C@@H]6O[C@H](CO)[C@H](O)[C@H](O)[C@H]6O)cc(O)cc5[o+]c4-c4cc(O)c(O)c(OC)c4)[C@H](O)C(O)[C@H]3O)O[C@H]2C)ccc1O. The fraction of sp³-hybridized carbons (Fsp3) is 0.455. The van der Waals surface area contributed by atoms with Crippen molar-refractivity contribution in [1.82, 2.24) is 0 Å². The summed E-state index contributed by atoms with van der Waals surface area (Å²) in [6.45, 7) is -0.0526. The maximum atomic E-state index is 12.7. The molecule has 13 N–H and O–H groups in total. The third kappa shape index (κ3) is 10.3. The van der Waals surface area contributed by atoms with Gasteiger partial charge in [0, 0.05) is 30.3 Å². The molecule has 68 heavy (non-hydrogen) atoms. The lowest BCUT2D eigenvalue weighted by molar-refractivity contribution is -0.319. The average molecular weight is 964 g/mol. The molecule has 0 aliphatic carbocycles. The van der Waals surface area contributed by atoms with Crippen LogP contribution in [0.15, 0.2) is 59.0 Å². The number of rotatable bonds is 14. The van der Waals surface area contributed by atoms with Crippen molar-refractivity contribution < 1.29 is 118 Å². The lowest BCUT2D eigenvalue weighted by Crippen LogP contribution is -2.62. The van der Waals surface area contributed by atoms with Gasteiger partial charge in [-0.05, 0) is 30.7 Å². The van der Waals surface area contributed by atoms with Crippen molar-refractivity contribution in [3.8, 4) is 57.3 Å². The van der Waals surface area contributed by atoms with Crippen molar-refractivity contribution in [1.29, 1.82) is 0 Å². The molecule has 24 nitrogen and oxygen atoms in total. The topological polar surface area (TPSA) is 374 Å². The largest absolute Gasteiger partial charge is 0.507 e. The lowest BCUT2D eigenvalue weighted by atomic mass is 9.98. The lowest BCUT2D eigenvalue weighted by Gasteiger charge is -2.42. The molecule has 4 aromatic rings. The van der Waals surface area contributed by atoms with E-state index >= 15 is 0 Å². The molecule has 3 saturated heterocycles. The van der Waals surface area contributed by atoms with Gasteiger partial charge in [0.2, 0.25) is 24.1 Å². The summed E-state index contributed by atoms with van der Waals surface area (Å²) in [6.07, 6.45) is -23.3. The fourth-order valence-electron chi connectivity index (χ4n) is 7.63. The molecule has 3 aromatic carbocycles. The molecule has 3 aliphatic heterocycles. The van der Waals surface area contributed by atoms with Crippen LogP contribution in [0.3, 0.4) is 0 Å². The van der Waals surface area contributed by atoms with E-state index in [0.717, 1.165) is 24.3 Å². The summed E-state index contributed by atoms with van der Waals surface area (Å²) >= 11 is 0. The highest BCUT2D eigenvalue weighted by molar-refractivity contribution is 5.89. The molecular formula is C44H51O24+. The van der Waals surface area contributed by atoms with E-state index in [1.165, 1.54) is 57.6 Å². The van der Waals surface area contributed by atoms with E-state index in [0.29, 0.717) is 5.56 Å². The molecule has 0 amide bonds. The number of hydrogen-bond acceptors (Lipinski definition) is 23. The molecule has 1 aromatic heterocycles. The van der Waals surface area contributed by atoms with Crippen LogP contribution in [0.4, 0.5) is 0 Å². The Morgan fingerprint density at radius 3 is 1.96 bits per heavy atom. The summed E-state index contributed by atoms with van der Waals surface area (Å²) in [5, 5.41) is 138. The number of aliphatic hydroxyl groups excluding tert-OH is 9. The van der Waals surface area contributed by atoms with Crippen LogP contribution in [0.25, 0.3) is 28.4 Å². The molecule has 15 atom stereocenters. The summed E-state index contributed by atoms with van der Waals surface area (Å²) in [5.41, 5.74) is 0.252. The van der Waals surface area contributed by atoms with Gasteiger partial charge in [-0.25, -0.2) is 9.21 Å². The van der Waals surface area contributed by atoms with Gasteiger partial charge in [-0.3, -0.25) is 0 Å². The number of methoxy groups -OCH3 is 2. The van der Waals surface area contributed by atoms with Crippen molar-refractivity contribution in [2.75, 3.05) is 27.4 Å². The maximum Gasteiger partial charge on any atom is 0.402 e. The Morgan fingerprint density at radius 2 is 1.29 bits per heavy atom. The van der Waals surface area contributed by atoms with Gasteiger partial charge < -0.3 is 109 Å². The smallest absolute Gasteiger partial charge is 0.402 e. The van der Waals surface area contributed by atoms with Gasteiger partial charge in [0.05, 0.1) is 45.2 Å². The Morgan fingerprint density at radius 1 is 0.662 bits per heavy atom. The van der Waals surface area contributed by atoms with Crippen molar-refractivity contribution in [3.63, 3.8) is 0 Å². The first-order chi connectivity index (χ1) is 32.3. The number of aliphatic hydroxyl groups is 9. The summed E-state index contributed by atoms with van der Waals surface area (Å²) in [6, 6.07) is 9.97. The second-order valence-electron chi connectivity index (χ2n) is 16.0. The number of carbonyl (C=O) groups is 1. The quantitative estimate of drug-likeness (QED) is 0.0302. The third-order valence-electron chi connectivity index (χ3n) is 11.4. The predicted molar refractivity (Wildman–Crippen MR) is 225 cm³/mol. The van der Waals surface area contributed by atoms with Crippen LogP contribution in [0.1, 0.15) is 12.5 Å². The summed E-state index contributed by atoms with van der Waals surface area (Å²) in [7, 11) is 2.55. The predicted octanol–water partition coefficient (Wildman–Crippen LogP) is -1.31. The molecule has 1 unspecified atom stereocenters. The molecule has 24 heteroatoms. The van der Waals surface area contributed by atoms with Gasteiger partial charge >= 0.3 is 17.3 Å². The van der Waals surface area contributed by atoms with E-state index in [4.69, 9.17) is 47.0 Å². The zero-order chi connectivity index (χ0) is 49.3. The summed E-state index contributed by atoms with van der Waals surface area (Å²) in [4.78, 5) is 12.7. The second kappa shape index (κ2) is 20.8. The number of aromatic hydroxyl groups is 4. The van der Waals surface area contributed by atoms with Gasteiger partial charge in [0.25, 0.3) is 0 Å². The highest BCUT2D eigenvalue weighted by Crippen LogP contribution is 2.46. The van der Waals surface area contributed by atoms with E-state index in [-0.39, 0.29) is 51.0 Å². The number of carbonyl (C=O) groups excluding carboxylic acids is 1. The van der Waals surface area contributed by atoms with Crippen LogP contribution < -0.4 is 18.9 Å². The molecule has 370 valence electrons. The number of esters is 1. The Kier molecular flexibility index (Phi) is 15.3. The van der Waals surface area contributed by atoms with Crippen LogP contribution in [0.5, 0.6) is 46.0 Å². The van der Waals surface area contributed by atoms with Crippen LogP contribution in [-0.2, 0) is 28.5 Å². The van der Waals surface area contributed by atoms with Crippen molar-refractivity contribution >= 4 is 23.0 Å². The molecule has 4 heterocycles. The molecule has 0 spiro atoms. The summed E-state index contributed by atoms with van der Waals surface area (Å²) in [5.74, 6) is -3.89.